The van der Waals surface area contributed by atoms with Crippen LogP contribution in [0.25, 0.3) is 11.1 Å². The molecule has 4 heteroatoms. The van der Waals surface area contributed by atoms with Crippen molar-refractivity contribution in [2.24, 2.45) is 0 Å². The van der Waals surface area contributed by atoms with E-state index in [1.54, 1.807) is 12.1 Å². The predicted octanol–water partition coefficient (Wildman–Crippen LogP) is 3.97. The molecule has 2 aromatic rings. The second-order valence-corrected chi connectivity index (χ2v) is 4.51. The van der Waals surface area contributed by atoms with Gasteiger partial charge in [0.2, 0.25) is 0 Å². The van der Waals surface area contributed by atoms with Crippen LogP contribution in [0.1, 0.15) is 6.92 Å². The Hall–Kier alpha value is -2.10. The van der Waals surface area contributed by atoms with Crippen molar-refractivity contribution in [3.05, 3.63) is 48.5 Å². The van der Waals surface area contributed by atoms with E-state index in [1.165, 1.54) is 0 Å². The van der Waals surface area contributed by atoms with Gasteiger partial charge in [-0.2, -0.15) is 0 Å². The number of anilines is 1. The van der Waals surface area contributed by atoms with Gasteiger partial charge in [-0.25, -0.2) is 8.78 Å². The first-order valence-electron chi connectivity index (χ1n) is 5.91. The largest absolute Gasteiger partial charge is 0.487 e. The van der Waals surface area contributed by atoms with Gasteiger partial charge in [-0.3, -0.25) is 0 Å². The van der Waals surface area contributed by atoms with Crippen molar-refractivity contribution >= 4 is 5.69 Å². The average molecular weight is 263 g/mol. The molecule has 0 spiro atoms. The first-order chi connectivity index (χ1) is 8.94. The van der Waals surface area contributed by atoms with E-state index in [4.69, 9.17) is 10.5 Å². The SMILES string of the molecule is CC(F)(F)COc1ccc(-c2cccc(N)c2)cc1. The van der Waals surface area contributed by atoms with Crippen molar-refractivity contribution in [3.63, 3.8) is 0 Å². The molecule has 100 valence electrons. The number of benzene rings is 2. The summed E-state index contributed by atoms with van der Waals surface area (Å²) < 4.78 is 30.3. The lowest BCUT2D eigenvalue weighted by atomic mass is 10.1. The number of nitrogen functional groups attached to an aromatic ring is 1. The van der Waals surface area contributed by atoms with Crippen LogP contribution < -0.4 is 10.5 Å². The second kappa shape index (κ2) is 5.26. The minimum atomic E-state index is -2.83. The highest BCUT2D eigenvalue weighted by Crippen LogP contribution is 2.24. The Labute approximate surface area is 110 Å². The van der Waals surface area contributed by atoms with E-state index in [0.717, 1.165) is 18.1 Å². The summed E-state index contributed by atoms with van der Waals surface area (Å²) in [6, 6.07) is 14.4. The Bertz CT molecular complexity index is 547. The van der Waals surface area contributed by atoms with E-state index in [9.17, 15) is 8.78 Å². The Morgan fingerprint density at radius 1 is 1.05 bits per heavy atom. The van der Waals surface area contributed by atoms with Gasteiger partial charge in [0, 0.05) is 12.6 Å². The maximum atomic E-state index is 12.7. The number of rotatable bonds is 4. The molecule has 0 heterocycles. The van der Waals surface area contributed by atoms with E-state index < -0.39 is 12.5 Å². The molecule has 2 aromatic carbocycles. The molecule has 0 aliphatic carbocycles. The zero-order valence-electron chi connectivity index (χ0n) is 10.6. The number of alkyl halides is 2. The lowest BCUT2D eigenvalue weighted by Crippen LogP contribution is -2.20. The third-order valence-corrected chi connectivity index (χ3v) is 2.57. The summed E-state index contributed by atoms with van der Waals surface area (Å²) in [7, 11) is 0. The minimum Gasteiger partial charge on any atom is -0.487 e. The monoisotopic (exact) mass is 263 g/mol. The molecule has 0 amide bonds. The van der Waals surface area contributed by atoms with Crippen LogP contribution in [0.2, 0.25) is 0 Å². The van der Waals surface area contributed by atoms with Gasteiger partial charge in [0.1, 0.15) is 5.75 Å². The fourth-order valence-corrected chi connectivity index (χ4v) is 1.67. The molecule has 0 unspecified atom stereocenters. The van der Waals surface area contributed by atoms with Gasteiger partial charge in [-0.15, -0.1) is 0 Å². The fraction of sp³-hybridized carbons (Fsp3) is 0.200. The number of halogens is 2. The van der Waals surface area contributed by atoms with Crippen LogP contribution in [0.3, 0.4) is 0 Å². The molecule has 0 aliphatic heterocycles. The van der Waals surface area contributed by atoms with E-state index in [2.05, 4.69) is 0 Å². The minimum absolute atomic E-state index is 0.425. The van der Waals surface area contributed by atoms with Gasteiger partial charge in [0.05, 0.1) is 0 Å². The summed E-state index contributed by atoms with van der Waals surface area (Å²) in [6.45, 7) is 0.207. The number of hydrogen-bond donors (Lipinski definition) is 1. The molecule has 2 N–H and O–H groups in total. The second-order valence-electron chi connectivity index (χ2n) is 4.51. The van der Waals surface area contributed by atoms with E-state index in [1.807, 2.05) is 36.4 Å². The molecular weight excluding hydrogens is 248 g/mol. The fourth-order valence-electron chi connectivity index (χ4n) is 1.67. The van der Waals surface area contributed by atoms with Crippen LogP contribution in [0, 0.1) is 0 Å². The zero-order chi connectivity index (χ0) is 13.9. The van der Waals surface area contributed by atoms with Gasteiger partial charge >= 0.3 is 0 Å². The maximum absolute atomic E-state index is 12.7. The number of nitrogens with two attached hydrogens (primary N) is 1. The lowest BCUT2D eigenvalue weighted by Gasteiger charge is -2.12. The van der Waals surface area contributed by atoms with Crippen molar-refractivity contribution in [2.75, 3.05) is 12.3 Å². The summed E-state index contributed by atoms with van der Waals surface area (Å²) in [5.74, 6) is -2.40. The van der Waals surface area contributed by atoms with Crippen molar-refractivity contribution in [3.8, 4) is 16.9 Å². The summed E-state index contributed by atoms with van der Waals surface area (Å²) >= 11 is 0. The lowest BCUT2D eigenvalue weighted by molar-refractivity contribution is -0.0229. The van der Waals surface area contributed by atoms with Crippen molar-refractivity contribution in [1.29, 1.82) is 0 Å². The van der Waals surface area contributed by atoms with Gasteiger partial charge in [0.25, 0.3) is 5.92 Å². The predicted molar refractivity (Wildman–Crippen MR) is 72.4 cm³/mol. The summed E-state index contributed by atoms with van der Waals surface area (Å²) in [6.07, 6.45) is 0. The number of hydrogen-bond acceptors (Lipinski definition) is 2. The quantitative estimate of drug-likeness (QED) is 0.847. The van der Waals surface area contributed by atoms with Gasteiger partial charge in [0.15, 0.2) is 6.61 Å². The number of ether oxygens (including phenoxy) is 1. The van der Waals surface area contributed by atoms with Crippen LogP contribution in [0.15, 0.2) is 48.5 Å². The van der Waals surface area contributed by atoms with Crippen LogP contribution in [-0.2, 0) is 0 Å². The van der Waals surface area contributed by atoms with Crippen LogP contribution >= 0.6 is 0 Å². The zero-order valence-corrected chi connectivity index (χ0v) is 10.6. The van der Waals surface area contributed by atoms with Crippen molar-refractivity contribution in [1.82, 2.24) is 0 Å². The smallest absolute Gasteiger partial charge is 0.278 e. The van der Waals surface area contributed by atoms with Gasteiger partial charge in [-0.1, -0.05) is 24.3 Å². The van der Waals surface area contributed by atoms with Crippen LogP contribution in [0.4, 0.5) is 14.5 Å². The average Bonchev–Trinajstić information content (AvgIpc) is 2.36. The Balaban J connectivity index is 2.10. The highest BCUT2D eigenvalue weighted by Gasteiger charge is 2.21. The third-order valence-electron chi connectivity index (χ3n) is 2.57. The molecule has 0 bridgehead atoms. The molecule has 2 rings (SSSR count). The molecule has 0 atom stereocenters. The molecular formula is C15H15F2NO. The van der Waals surface area contributed by atoms with Crippen molar-refractivity contribution < 1.29 is 13.5 Å². The molecule has 19 heavy (non-hydrogen) atoms. The first kappa shape index (κ1) is 13.3. The first-order valence-corrected chi connectivity index (χ1v) is 5.91. The highest BCUT2D eigenvalue weighted by atomic mass is 19.3. The molecule has 0 fully saturated rings. The standard InChI is InChI=1S/C15H15F2NO/c1-15(16,17)10-19-14-7-5-11(6-8-14)12-3-2-4-13(18)9-12/h2-9H,10,18H2,1H3. The molecule has 2 nitrogen and oxygen atoms in total. The highest BCUT2D eigenvalue weighted by molar-refractivity contribution is 5.67. The van der Waals surface area contributed by atoms with E-state index >= 15 is 0 Å². The topological polar surface area (TPSA) is 35.2 Å². The molecule has 0 saturated carbocycles. The molecule has 0 radical (unpaired) electrons. The Kier molecular flexibility index (Phi) is 3.69. The normalized spacial score (nSPS) is 11.3. The van der Waals surface area contributed by atoms with E-state index in [0.29, 0.717) is 11.4 Å². The van der Waals surface area contributed by atoms with Crippen molar-refractivity contribution in [2.45, 2.75) is 12.8 Å². The van der Waals surface area contributed by atoms with Gasteiger partial charge in [-0.05, 0) is 35.4 Å². The Morgan fingerprint density at radius 3 is 2.32 bits per heavy atom. The van der Waals surface area contributed by atoms with Gasteiger partial charge < -0.3 is 10.5 Å². The molecule has 0 aliphatic rings. The summed E-state index contributed by atoms with van der Waals surface area (Å²) in [5, 5.41) is 0. The maximum Gasteiger partial charge on any atom is 0.278 e. The Morgan fingerprint density at radius 2 is 1.74 bits per heavy atom. The summed E-state index contributed by atoms with van der Waals surface area (Å²) in [4.78, 5) is 0. The molecule has 0 aromatic heterocycles. The summed E-state index contributed by atoms with van der Waals surface area (Å²) in [5.41, 5.74) is 8.34. The van der Waals surface area contributed by atoms with E-state index in [-0.39, 0.29) is 0 Å². The molecule has 0 saturated heterocycles. The van der Waals surface area contributed by atoms with Crippen LogP contribution in [0.5, 0.6) is 5.75 Å². The van der Waals surface area contributed by atoms with Crippen LogP contribution in [-0.4, -0.2) is 12.5 Å². The third kappa shape index (κ3) is 3.95.